The lowest BCUT2D eigenvalue weighted by Crippen LogP contribution is -2.37. The van der Waals surface area contributed by atoms with Crippen LogP contribution in [0.2, 0.25) is 0 Å². The fourth-order valence-corrected chi connectivity index (χ4v) is 2.26. The minimum atomic E-state index is 0.251. The molecular formula is C12H17N3OS. The second kappa shape index (κ2) is 5.42. The van der Waals surface area contributed by atoms with Gasteiger partial charge in [0.25, 0.3) is 0 Å². The maximum atomic E-state index is 9.19. The Hall–Kier alpha value is -1.20. The van der Waals surface area contributed by atoms with E-state index in [9.17, 15) is 5.11 Å². The minimum Gasteiger partial charge on any atom is -0.396 e. The van der Waals surface area contributed by atoms with Crippen LogP contribution in [0.1, 0.15) is 18.4 Å². The van der Waals surface area contributed by atoms with Gasteiger partial charge in [0.2, 0.25) is 0 Å². The third-order valence-electron chi connectivity index (χ3n) is 3.13. The first kappa shape index (κ1) is 12.3. The minimum absolute atomic E-state index is 0.251. The third-order valence-corrected chi connectivity index (χ3v) is 3.37. The maximum Gasteiger partial charge on any atom is 0.128 e. The van der Waals surface area contributed by atoms with Crippen LogP contribution in [0.15, 0.2) is 18.3 Å². The molecule has 1 aliphatic rings. The van der Waals surface area contributed by atoms with Gasteiger partial charge in [-0.2, -0.15) is 0 Å². The van der Waals surface area contributed by atoms with Crippen molar-refractivity contribution in [3.8, 4) is 0 Å². The van der Waals surface area contributed by atoms with E-state index in [1.54, 1.807) is 6.20 Å². The molecule has 1 aromatic rings. The number of rotatable bonds is 3. The van der Waals surface area contributed by atoms with Gasteiger partial charge < -0.3 is 15.7 Å². The molecule has 1 saturated heterocycles. The number of piperidine rings is 1. The van der Waals surface area contributed by atoms with Crippen LogP contribution in [0.3, 0.4) is 0 Å². The number of aliphatic hydroxyl groups excluding tert-OH is 1. The van der Waals surface area contributed by atoms with Crippen LogP contribution in [-0.4, -0.2) is 34.8 Å². The number of aromatic nitrogens is 1. The van der Waals surface area contributed by atoms with Gasteiger partial charge in [0, 0.05) is 31.5 Å². The molecule has 0 bridgehead atoms. The first-order valence-electron chi connectivity index (χ1n) is 5.82. The van der Waals surface area contributed by atoms with Gasteiger partial charge in [0.05, 0.1) is 0 Å². The van der Waals surface area contributed by atoms with Gasteiger partial charge in [-0.05, 0) is 30.9 Å². The smallest absolute Gasteiger partial charge is 0.128 e. The molecule has 0 aliphatic carbocycles. The molecule has 0 saturated carbocycles. The summed E-state index contributed by atoms with van der Waals surface area (Å²) in [6.45, 7) is 2.12. The van der Waals surface area contributed by atoms with Crippen molar-refractivity contribution in [2.75, 3.05) is 24.6 Å². The summed E-state index contributed by atoms with van der Waals surface area (Å²) in [7, 11) is 0. The first-order valence-corrected chi connectivity index (χ1v) is 6.23. The number of aliphatic hydroxyl groups is 1. The lowest BCUT2D eigenvalue weighted by Gasteiger charge is -2.32. The number of hydrogen-bond donors (Lipinski definition) is 2. The highest BCUT2D eigenvalue weighted by molar-refractivity contribution is 7.80. The van der Waals surface area contributed by atoms with Gasteiger partial charge in [-0.1, -0.05) is 12.2 Å². The quantitative estimate of drug-likeness (QED) is 0.782. The highest BCUT2D eigenvalue weighted by Gasteiger charge is 2.20. The van der Waals surface area contributed by atoms with Gasteiger partial charge in [-0.25, -0.2) is 4.98 Å². The van der Waals surface area contributed by atoms with Crippen LogP contribution >= 0.6 is 12.2 Å². The molecule has 5 heteroatoms. The van der Waals surface area contributed by atoms with Gasteiger partial charge in [-0.3, -0.25) is 0 Å². The van der Waals surface area contributed by atoms with Crippen LogP contribution < -0.4 is 10.6 Å². The van der Waals surface area contributed by atoms with Crippen molar-refractivity contribution >= 4 is 23.0 Å². The highest BCUT2D eigenvalue weighted by Crippen LogP contribution is 2.21. The monoisotopic (exact) mass is 251 g/mol. The van der Waals surface area contributed by atoms with E-state index in [1.807, 2.05) is 12.1 Å². The summed E-state index contributed by atoms with van der Waals surface area (Å²) in [5.74, 6) is 1.30. The van der Waals surface area contributed by atoms with Crippen molar-refractivity contribution in [3.63, 3.8) is 0 Å². The van der Waals surface area contributed by atoms with E-state index in [-0.39, 0.29) is 6.61 Å². The Morgan fingerprint density at radius 3 is 3.00 bits per heavy atom. The Morgan fingerprint density at radius 2 is 2.41 bits per heavy atom. The number of nitrogens with two attached hydrogens (primary N) is 1. The number of thiocarbonyl (C=S) groups is 1. The summed E-state index contributed by atoms with van der Waals surface area (Å²) >= 11 is 4.89. The van der Waals surface area contributed by atoms with Crippen molar-refractivity contribution in [1.29, 1.82) is 0 Å². The largest absolute Gasteiger partial charge is 0.396 e. The summed E-state index contributed by atoms with van der Waals surface area (Å²) in [6, 6.07) is 3.83. The average molecular weight is 251 g/mol. The normalized spacial score (nSPS) is 20.3. The van der Waals surface area contributed by atoms with Gasteiger partial charge in [0.15, 0.2) is 0 Å². The zero-order chi connectivity index (χ0) is 12.3. The average Bonchev–Trinajstić information content (AvgIpc) is 2.39. The van der Waals surface area contributed by atoms with Crippen molar-refractivity contribution < 1.29 is 5.11 Å². The van der Waals surface area contributed by atoms with Crippen molar-refractivity contribution in [2.45, 2.75) is 12.8 Å². The van der Waals surface area contributed by atoms with Gasteiger partial charge in [0.1, 0.15) is 10.8 Å². The van der Waals surface area contributed by atoms with Crippen molar-refractivity contribution in [2.24, 2.45) is 11.7 Å². The van der Waals surface area contributed by atoms with Gasteiger partial charge >= 0.3 is 0 Å². The topological polar surface area (TPSA) is 62.4 Å². The Morgan fingerprint density at radius 1 is 1.59 bits per heavy atom. The molecule has 3 N–H and O–H groups in total. The SMILES string of the molecule is NC(=S)c1ccc(N2CCCC(CO)C2)nc1. The summed E-state index contributed by atoms with van der Waals surface area (Å²) in [5, 5.41) is 9.19. The van der Waals surface area contributed by atoms with E-state index in [2.05, 4.69) is 9.88 Å². The summed E-state index contributed by atoms with van der Waals surface area (Å²) < 4.78 is 0. The molecule has 1 fully saturated rings. The predicted octanol–water partition coefficient (Wildman–Crippen LogP) is 0.925. The van der Waals surface area contributed by atoms with Crippen LogP contribution in [0.25, 0.3) is 0 Å². The molecule has 0 aromatic carbocycles. The van der Waals surface area contributed by atoms with Crippen molar-refractivity contribution in [3.05, 3.63) is 23.9 Å². The van der Waals surface area contributed by atoms with E-state index in [1.165, 1.54) is 0 Å². The Kier molecular flexibility index (Phi) is 3.91. The maximum absolute atomic E-state index is 9.19. The molecule has 17 heavy (non-hydrogen) atoms. The lowest BCUT2D eigenvalue weighted by atomic mass is 9.99. The Labute approximate surface area is 106 Å². The highest BCUT2D eigenvalue weighted by atomic mass is 32.1. The number of hydrogen-bond acceptors (Lipinski definition) is 4. The summed E-state index contributed by atoms with van der Waals surface area (Å²) in [4.78, 5) is 6.94. The van der Waals surface area contributed by atoms with E-state index >= 15 is 0 Å². The fraction of sp³-hybridized carbons (Fsp3) is 0.500. The number of pyridine rings is 1. The second-order valence-corrected chi connectivity index (χ2v) is 4.85. The summed E-state index contributed by atoms with van der Waals surface area (Å²) in [6.07, 6.45) is 3.90. The molecular weight excluding hydrogens is 234 g/mol. The second-order valence-electron chi connectivity index (χ2n) is 4.41. The molecule has 0 amide bonds. The van der Waals surface area contributed by atoms with Crippen LogP contribution in [0.5, 0.6) is 0 Å². The molecule has 0 radical (unpaired) electrons. The van der Waals surface area contributed by atoms with Crippen LogP contribution in [-0.2, 0) is 0 Å². The van der Waals surface area contributed by atoms with Crippen LogP contribution in [0.4, 0.5) is 5.82 Å². The molecule has 1 unspecified atom stereocenters. The third kappa shape index (κ3) is 2.92. The van der Waals surface area contributed by atoms with E-state index in [0.717, 1.165) is 37.3 Å². The number of nitrogens with zero attached hydrogens (tertiary/aromatic N) is 2. The van der Waals surface area contributed by atoms with Gasteiger partial charge in [-0.15, -0.1) is 0 Å². The fourth-order valence-electron chi connectivity index (χ4n) is 2.14. The molecule has 2 rings (SSSR count). The molecule has 1 atom stereocenters. The first-order chi connectivity index (χ1) is 8.20. The van der Waals surface area contributed by atoms with E-state index in [4.69, 9.17) is 18.0 Å². The lowest BCUT2D eigenvalue weighted by molar-refractivity contribution is 0.208. The van der Waals surface area contributed by atoms with Crippen LogP contribution in [0, 0.1) is 5.92 Å². The zero-order valence-electron chi connectivity index (χ0n) is 9.67. The van der Waals surface area contributed by atoms with E-state index < -0.39 is 0 Å². The predicted molar refractivity (Wildman–Crippen MR) is 72.1 cm³/mol. The molecule has 92 valence electrons. The molecule has 4 nitrogen and oxygen atoms in total. The molecule has 1 aromatic heterocycles. The number of anilines is 1. The molecule has 1 aliphatic heterocycles. The zero-order valence-corrected chi connectivity index (χ0v) is 10.5. The molecule has 0 spiro atoms. The Balaban J connectivity index is 2.08. The standard InChI is InChI=1S/C12H17N3OS/c13-12(17)10-3-4-11(14-6-10)15-5-1-2-9(7-15)8-16/h3-4,6,9,16H,1-2,5,7-8H2,(H2,13,17). The molecule has 2 heterocycles. The Bertz CT molecular complexity index is 393. The summed E-state index contributed by atoms with van der Waals surface area (Å²) in [5.41, 5.74) is 6.32. The van der Waals surface area contributed by atoms with Crippen molar-refractivity contribution in [1.82, 2.24) is 4.98 Å². The van der Waals surface area contributed by atoms with E-state index in [0.29, 0.717) is 10.9 Å².